The molecule has 7 heteroatoms. The normalized spacial score (nSPS) is 14.9. The molecule has 0 aliphatic heterocycles. The van der Waals surface area contributed by atoms with Crippen molar-refractivity contribution < 1.29 is 8.83 Å². The van der Waals surface area contributed by atoms with Gasteiger partial charge in [0.25, 0.3) is 0 Å². The lowest BCUT2D eigenvalue weighted by Gasteiger charge is -2.30. The fourth-order valence-electron chi connectivity index (χ4n) is 18.1. The van der Waals surface area contributed by atoms with E-state index in [1.165, 1.54) is 77.5 Å². The van der Waals surface area contributed by atoms with Crippen LogP contribution in [0.4, 0.5) is 0 Å². The average Bonchev–Trinajstić information content (AvgIpc) is 1.50. The monoisotopic (exact) mass is 1380 g/mol. The Labute approximate surface area is 623 Å². The summed E-state index contributed by atoms with van der Waals surface area (Å²) in [6.45, 7) is 0. The van der Waals surface area contributed by atoms with Gasteiger partial charge in [-0.15, -0.1) is 0 Å². The van der Waals surface area contributed by atoms with Crippen LogP contribution in [-0.4, -0.2) is 24.9 Å². The third-order valence-corrected chi connectivity index (χ3v) is 22.7. The molecule has 15 aromatic carbocycles. The molecule has 4 heterocycles. The molecule has 0 saturated heterocycles. The largest absolute Gasteiger partial charge is 0.456 e. The quantitative estimate of drug-likeness (QED) is 0.150. The van der Waals surface area contributed by atoms with Gasteiger partial charge in [0, 0.05) is 66.4 Å². The van der Waals surface area contributed by atoms with Crippen LogP contribution in [0.25, 0.3) is 168 Å². The molecule has 7 nitrogen and oxygen atoms in total. The van der Waals surface area contributed by atoms with Crippen LogP contribution in [0.3, 0.4) is 0 Å². The lowest BCUT2D eigenvalue weighted by Crippen LogP contribution is -2.25. The lowest BCUT2D eigenvalue weighted by atomic mass is 9.70. The van der Waals surface area contributed by atoms with Gasteiger partial charge in [-0.1, -0.05) is 334 Å². The first-order valence-electron chi connectivity index (χ1n) is 36.8. The van der Waals surface area contributed by atoms with Crippen LogP contribution in [0, 0.1) is 0 Å². The van der Waals surface area contributed by atoms with Crippen LogP contribution in [0.15, 0.2) is 379 Å². The van der Waals surface area contributed by atoms with E-state index in [1.54, 1.807) is 0 Å². The first-order valence-corrected chi connectivity index (χ1v) is 36.8. The Balaban J connectivity index is 0.000000134. The molecular weight excluding hydrogens is 1320 g/mol. The number of benzene rings is 15. The SMILES string of the molecule is c1ccc(-c2cc(-c3cccc4ccccc34)nc(-c3cccc(-c4ccc5c(c4)C4(c6ccccc6-5)c5ccccc5-c5oc6ccccc6c54)c3)n2)cc1.c1ccc(-c2nc(-c3ccccc3)nc(-c3ccccc3-c3ccc4c(c3)C3(c5ccccc5-4)c4ccccc4-c4oc5ccccc5c43)n2)cc1. The second kappa shape index (κ2) is 24.2. The number of fused-ring (bicyclic) bond motifs is 25. The molecule has 23 rings (SSSR count). The summed E-state index contributed by atoms with van der Waals surface area (Å²) >= 11 is 0. The van der Waals surface area contributed by atoms with Crippen LogP contribution in [0.2, 0.25) is 0 Å². The van der Waals surface area contributed by atoms with Gasteiger partial charge in [0.15, 0.2) is 23.3 Å². The summed E-state index contributed by atoms with van der Waals surface area (Å²) in [6, 6.07) is 131. The van der Waals surface area contributed by atoms with E-state index in [1.807, 2.05) is 66.7 Å². The van der Waals surface area contributed by atoms with Crippen LogP contribution < -0.4 is 0 Å². The van der Waals surface area contributed by atoms with Crippen LogP contribution >= 0.6 is 0 Å². The number of nitrogens with zero attached hydrogens (tertiary/aromatic N) is 5. The van der Waals surface area contributed by atoms with E-state index in [0.29, 0.717) is 23.3 Å². The topological polar surface area (TPSA) is 90.7 Å². The molecule has 0 saturated carbocycles. The molecule has 4 aliphatic rings. The molecule has 0 bridgehead atoms. The fourth-order valence-corrected chi connectivity index (χ4v) is 18.1. The molecular formula is C101H61N5O2. The van der Waals surface area contributed by atoms with Gasteiger partial charge in [0.1, 0.15) is 22.7 Å². The van der Waals surface area contributed by atoms with Gasteiger partial charge < -0.3 is 8.83 Å². The standard InChI is InChI=1S/C53H32N2O.C48H29N3O/c1-2-15-34(16-3-1)47-32-48(41-24-13-17-33-14-4-5-20-38(33)41)55-52(54-47)37-19-12-18-35(30-37)36-28-29-40-39-21-6-9-25-44(39)53(46(40)31-36)45-26-10-7-22-42(45)51-50(53)43-23-8-11-27-49(43)56-51;1-3-15-30(16-4-1)45-49-46(31-17-5-2-6-18-31)51-47(50-45)36-21-8-7-19-33(36)32-27-28-35-34-20-9-12-24-39(34)48(41(35)29-32)40-25-13-10-22-37(40)44-43(48)38-23-11-14-26-42(38)52-44/h1-32H;1-29H. The van der Waals surface area contributed by atoms with Crippen molar-refractivity contribution in [2.45, 2.75) is 10.8 Å². The van der Waals surface area contributed by atoms with Gasteiger partial charge >= 0.3 is 0 Å². The zero-order valence-electron chi connectivity index (χ0n) is 58.3. The highest BCUT2D eigenvalue weighted by atomic mass is 16.3. The second-order valence-corrected chi connectivity index (χ2v) is 28.3. The molecule has 2 atom stereocenters. The van der Waals surface area contributed by atoms with Crippen molar-refractivity contribution in [3.8, 4) is 135 Å². The first-order chi connectivity index (χ1) is 53.5. The molecule has 2 spiro atoms. The Morgan fingerprint density at radius 3 is 1.15 bits per heavy atom. The Bertz CT molecular complexity index is 6830. The molecule has 0 fully saturated rings. The second-order valence-electron chi connectivity index (χ2n) is 28.3. The Morgan fingerprint density at radius 2 is 0.565 bits per heavy atom. The molecule has 4 aromatic heterocycles. The summed E-state index contributed by atoms with van der Waals surface area (Å²) in [6.07, 6.45) is 0. The minimum atomic E-state index is -0.538. The minimum absolute atomic E-state index is 0.515. The predicted molar refractivity (Wildman–Crippen MR) is 435 cm³/mol. The molecule has 502 valence electrons. The highest BCUT2D eigenvalue weighted by molar-refractivity contribution is 6.05. The molecule has 2 unspecified atom stereocenters. The summed E-state index contributed by atoms with van der Waals surface area (Å²) in [7, 11) is 0. The molecule has 19 aromatic rings. The van der Waals surface area contributed by atoms with Crippen molar-refractivity contribution in [3.63, 3.8) is 0 Å². The summed E-state index contributed by atoms with van der Waals surface area (Å²) in [5, 5.41) is 4.66. The van der Waals surface area contributed by atoms with Gasteiger partial charge in [0.05, 0.1) is 22.2 Å². The lowest BCUT2D eigenvalue weighted by molar-refractivity contribution is 0.628. The fraction of sp³-hybridized carbons (Fsp3) is 0.0198. The summed E-state index contributed by atoms with van der Waals surface area (Å²) in [4.78, 5) is 25.7. The summed E-state index contributed by atoms with van der Waals surface area (Å²) < 4.78 is 13.4. The van der Waals surface area contributed by atoms with Gasteiger partial charge in [-0.25, -0.2) is 24.9 Å². The Hall–Kier alpha value is -14.3. The van der Waals surface area contributed by atoms with Crippen molar-refractivity contribution in [2.75, 3.05) is 0 Å². The van der Waals surface area contributed by atoms with Crippen molar-refractivity contribution in [1.82, 2.24) is 24.9 Å². The highest BCUT2D eigenvalue weighted by Crippen LogP contribution is 2.67. The number of aromatic nitrogens is 5. The van der Waals surface area contributed by atoms with Gasteiger partial charge in [-0.2, -0.15) is 0 Å². The zero-order chi connectivity index (χ0) is 71.0. The number of hydrogen-bond donors (Lipinski definition) is 0. The summed E-state index contributed by atoms with van der Waals surface area (Å²) in [5.74, 6) is 4.54. The maximum atomic E-state index is 6.73. The van der Waals surface area contributed by atoms with Gasteiger partial charge in [0.2, 0.25) is 0 Å². The van der Waals surface area contributed by atoms with E-state index in [4.69, 9.17) is 33.8 Å². The first kappa shape index (κ1) is 61.2. The summed E-state index contributed by atoms with van der Waals surface area (Å²) in [5.41, 5.74) is 30.3. The van der Waals surface area contributed by atoms with Crippen LogP contribution in [-0.2, 0) is 10.8 Å². The molecule has 0 amide bonds. The maximum Gasteiger partial charge on any atom is 0.164 e. The minimum Gasteiger partial charge on any atom is -0.456 e. The van der Waals surface area contributed by atoms with Crippen molar-refractivity contribution in [3.05, 3.63) is 415 Å². The molecule has 4 aliphatic carbocycles. The average molecular weight is 1380 g/mol. The van der Waals surface area contributed by atoms with E-state index >= 15 is 0 Å². The number of para-hydroxylation sites is 2. The van der Waals surface area contributed by atoms with Crippen molar-refractivity contribution in [2.24, 2.45) is 0 Å². The zero-order valence-corrected chi connectivity index (χ0v) is 58.3. The van der Waals surface area contributed by atoms with E-state index in [-0.39, 0.29) is 0 Å². The maximum absolute atomic E-state index is 6.73. The van der Waals surface area contributed by atoms with E-state index in [2.05, 4.69) is 303 Å². The number of hydrogen-bond acceptors (Lipinski definition) is 7. The molecule has 0 radical (unpaired) electrons. The van der Waals surface area contributed by atoms with Gasteiger partial charge in [-0.05, 0) is 125 Å². The number of furan rings is 2. The van der Waals surface area contributed by atoms with Crippen LogP contribution in [0.1, 0.15) is 44.5 Å². The van der Waals surface area contributed by atoms with Crippen LogP contribution in [0.5, 0.6) is 0 Å². The smallest absolute Gasteiger partial charge is 0.164 e. The number of rotatable bonds is 8. The third kappa shape index (κ3) is 9.12. The predicted octanol–water partition coefficient (Wildman–Crippen LogP) is 25.0. The molecule has 0 N–H and O–H groups in total. The highest BCUT2D eigenvalue weighted by Gasteiger charge is 2.56. The van der Waals surface area contributed by atoms with E-state index in [9.17, 15) is 0 Å². The molecule has 108 heavy (non-hydrogen) atoms. The van der Waals surface area contributed by atoms with E-state index < -0.39 is 10.8 Å². The van der Waals surface area contributed by atoms with Gasteiger partial charge in [-0.3, -0.25) is 0 Å². The van der Waals surface area contributed by atoms with E-state index in [0.717, 1.165) is 112 Å². The Kier molecular flexibility index (Phi) is 13.7. The van der Waals surface area contributed by atoms with Crippen molar-refractivity contribution >= 4 is 32.7 Å². The third-order valence-electron chi connectivity index (χ3n) is 22.7. The Morgan fingerprint density at radius 1 is 0.194 bits per heavy atom. The van der Waals surface area contributed by atoms with Crippen molar-refractivity contribution in [1.29, 1.82) is 0 Å².